The average molecular weight is 243 g/mol. The van der Waals surface area contributed by atoms with E-state index >= 15 is 0 Å². The molecule has 1 fully saturated rings. The lowest BCUT2D eigenvalue weighted by molar-refractivity contribution is -0.134. The molecule has 1 unspecified atom stereocenters. The number of hydrogen-bond acceptors (Lipinski definition) is 4. The van der Waals surface area contributed by atoms with Crippen LogP contribution in [-0.4, -0.2) is 62.1 Å². The first-order valence-electron chi connectivity index (χ1n) is 6.05. The molecule has 98 valence electrons. The molecule has 0 radical (unpaired) electrons. The highest BCUT2D eigenvalue weighted by Crippen LogP contribution is 1.93. The van der Waals surface area contributed by atoms with Gasteiger partial charge >= 0.3 is 0 Å². The third-order valence-corrected chi connectivity index (χ3v) is 2.77. The van der Waals surface area contributed by atoms with Gasteiger partial charge in [-0.2, -0.15) is 0 Å². The maximum absolute atomic E-state index is 11.7. The molecule has 1 rings (SSSR count). The first-order chi connectivity index (χ1) is 8.19. The van der Waals surface area contributed by atoms with E-state index in [1.807, 2.05) is 13.8 Å². The van der Waals surface area contributed by atoms with Crippen molar-refractivity contribution < 1.29 is 14.3 Å². The third kappa shape index (κ3) is 4.32. The van der Waals surface area contributed by atoms with E-state index in [2.05, 4.69) is 10.6 Å². The van der Waals surface area contributed by atoms with Gasteiger partial charge in [0.1, 0.15) is 6.04 Å². The van der Waals surface area contributed by atoms with Crippen molar-refractivity contribution in [1.29, 1.82) is 0 Å². The smallest absolute Gasteiger partial charge is 0.241 e. The van der Waals surface area contributed by atoms with Crippen LogP contribution in [0.4, 0.5) is 0 Å². The highest BCUT2D eigenvalue weighted by atomic mass is 16.5. The summed E-state index contributed by atoms with van der Waals surface area (Å²) in [5.74, 6) is -0.231. The van der Waals surface area contributed by atoms with Crippen molar-refractivity contribution >= 4 is 11.8 Å². The number of amides is 2. The number of ether oxygens (including phenoxy) is 1. The molecular weight excluding hydrogens is 222 g/mol. The molecule has 0 spiro atoms. The zero-order valence-corrected chi connectivity index (χ0v) is 10.5. The van der Waals surface area contributed by atoms with E-state index in [0.717, 1.165) is 0 Å². The van der Waals surface area contributed by atoms with Crippen LogP contribution in [0.1, 0.15) is 13.8 Å². The molecular formula is C11H21N3O3. The number of hydrogen-bond donors (Lipinski definition) is 2. The molecule has 6 nitrogen and oxygen atoms in total. The summed E-state index contributed by atoms with van der Waals surface area (Å²) in [4.78, 5) is 25.0. The van der Waals surface area contributed by atoms with Crippen LogP contribution in [0.25, 0.3) is 0 Å². The van der Waals surface area contributed by atoms with Crippen LogP contribution in [0.2, 0.25) is 0 Å². The van der Waals surface area contributed by atoms with Crippen molar-refractivity contribution in [3.63, 3.8) is 0 Å². The molecule has 2 N–H and O–H groups in total. The van der Waals surface area contributed by atoms with Crippen LogP contribution in [0.3, 0.4) is 0 Å². The summed E-state index contributed by atoms with van der Waals surface area (Å²) in [6.45, 7) is 6.87. The van der Waals surface area contributed by atoms with E-state index in [-0.39, 0.29) is 24.4 Å². The topological polar surface area (TPSA) is 70.7 Å². The van der Waals surface area contributed by atoms with Crippen molar-refractivity contribution in [2.24, 2.45) is 0 Å². The fourth-order valence-corrected chi connectivity index (χ4v) is 1.71. The second-order valence-electron chi connectivity index (χ2n) is 3.87. The summed E-state index contributed by atoms with van der Waals surface area (Å²) < 4.78 is 5.18. The quantitative estimate of drug-likeness (QED) is 0.647. The van der Waals surface area contributed by atoms with Gasteiger partial charge in [0, 0.05) is 19.6 Å². The largest absolute Gasteiger partial charge is 0.378 e. The van der Waals surface area contributed by atoms with Crippen LogP contribution in [0, 0.1) is 0 Å². The molecule has 1 atom stereocenters. The van der Waals surface area contributed by atoms with Gasteiger partial charge in [0.05, 0.1) is 19.8 Å². The fraction of sp³-hybridized carbons (Fsp3) is 0.818. The summed E-state index contributed by atoms with van der Waals surface area (Å²) in [5, 5.41) is 5.67. The molecule has 0 bridgehead atoms. The van der Waals surface area contributed by atoms with Gasteiger partial charge in [-0.25, -0.2) is 0 Å². The van der Waals surface area contributed by atoms with E-state index in [0.29, 0.717) is 32.8 Å². The van der Waals surface area contributed by atoms with Crippen LogP contribution >= 0.6 is 0 Å². The number of likely N-dealkylation sites (N-methyl/N-ethyl adjacent to an activating group) is 1. The van der Waals surface area contributed by atoms with Gasteiger partial charge in [-0.15, -0.1) is 0 Å². The minimum Gasteiger partial charge on any atom is -0.378 e. The first-order valence-corrected chi connectivity index (χ1v) is 6.05. The number of nitrogens with one attached hydrogen (secondary N) is 2. The Balaban J connectivity index is 2.29. The van der Waals surface area contributed by atoms with Crippen molar-refractivity contribution in [2.75, 3.05) is 39.4 Å². The summed E-state index contributed by atoms with van der Waals surface area (Å²) in [7, 11) is 0. The van der Waals surface area contributed by atoms with E-state index in [1.54, 1.807) is 4.90 Å². The zero-order chi connectivity index (χ0) is 12.7. The van der Waals surface area contributed by atoms with E-state index in [4.69, 9.17) is 4.74 Å². The molecule has 1 heterocycles. The maximum atomic E-state index is 11.7. The number of morpholine rings is 1. The van der Waals surface area contributed by atoms with Crippen molar-refractivity contribution in [2.45, 2.75) is 19.9 Å². The van der Waals surface area contributed by atoms with Crippen LogP contribution < -0.4 is 10.6 Å². The number of carbonyl (C=O) groups excluding carboxylic acids is 2. The van der Waals surface area contributed by atoms with Crippen LogP contribution in [0.15, 0.2) is 0 Å². The Bertz CT molecular complexity index is 261. The Morgan fingerprint density at radius 1 is 1.41 bits per heavy atom. The fourth-order valence-electron chi connectivity index (χ4n) is 1.71. The number of rotatable bonds is 5. The van der Waals surface area contributed by atoms with E-state index in [1.165, 1.54) is 0 Å². The summed E-state index contributed by atoms with van der Waals surface area (Å²) in [5.41, 5.74) is 0. The SMILES string of the molecule is CCN(CC)C(=O)CNC(=O)C1COCCN1. The minimum absolute atomic E-state index is 0.0543. The van der Waals surface area contributed by atoms with Crippen molar-refractivity contribution in [3.8, 4) is 0 Å². The molecule has 1 aliphatic rings. The highest BCUT2D eigenvalue weighted by molar-refractivity contribution is 5.87. The second kappa shape index (κ2) is 7.24. The second-order valence-corrected chi connectivity index (χ2v) is 3.87. The van der Waals surface area contributed by atoms with Gasteiger partial charge < -0.3 is 20.3 Å². The molecule has 0 aromatic rings. The van der Waals surface area contributed by atoms with E-state index in [9.17, 15) is 9.59 Å². The predicted octanol–water partition coefficient (Wildman–Crippen LogP) is -1.04. The van der Waals surface area contributed by atoms with E-state index < -0.39 is 0 Å². The van der Waals surface area contributed by atoms with Gasteiger partial charge in [0.25, 0.3) is 0 Å². The molecule has 0 saturated carbocycles. The molecule has 0 aromatic heterocycles. The molecule has 1 saturated heterocycles. The Labute approximate surface area is 102 Å². The maximum Gasteiger partial charge on any atom is 0.241 e. The highest BCUT2D eigenvalue weighted by Gasteiger charge is 2.21. The zero-order valence-electron chi connectivity index (χ0n) is 10.5. The monoisotopic (exact) mass is 243 g/mol. The molecule has 0 aliphatic carbocycles. The lowest BCUT2D eigenvalue weighted by Gasteiger charge is -2.24. The third-order valence-electron chi connectivity index (χ3n) is 2.77. The van der Waals surface area contributed by atoms with Gasteiger partial charge in [-0.3, -0.25) is 9.59 Å². The Morgan fingerprint density at radius 2 is 2.12 bits per heavy atom. The Kier molecular flexibility index (Phi) is 5.93. The average Bonchev–Trinajstić information content (AvgIpc) is 2.38. The predicted molar refractivity (Wildman–Crippen MR) is 63.5 cm³/mol. The number of nitrogens with zero attached hydrogens (tertiary/aromatic N) is 1. The van der Waals surface area contributed by atoms with Crippen LogP contribution in [0.5, 0.6) is 0 Å². The normalized spacial score (nSPS) is 19.8. The Morgan fingerprint density at radius 3 is 2.65 bits per heavy atom. The van der Waals surface area contributed by atoms with Crippen LogP contribution in [-0.2, 0) is 14.3 Å². The summed E-state index contributed by atoms with van der Waals surface area (Å²) in [6.07, 6.45) is 0. The minimum atomic E-state index is -0.340. The molecule has 2 amide bonds. The van der Waals surface area contributed by atoms with Gasteiger partial charge in [-0.1, -0.05) is 0 Å². The number of carbonyl (C=O) groups is 2. The standard InChI is InChI=1S/C11H21N3O3/c1-3-14(4-2)10(15)7-13-11(16)9-8-17-6-5-12-9/h9,12H,3-8H2,1-2H3,(H,13,16). The molecule has 0 aromatic carbocycles. The van der Waals surface area contributed by atoms with Gasteiger partial charge in [0.15, 0.2) is 0 Å². The molecule has 1 aliphatic heterocycles. The van der Waals surface area contributed by atoms with Crippen molar-refractivity contribution in [3.05, 3.63) is 0 Å². The van der Waals surface area contributed by atoms with Gasteiger partial charge in [0.2, 0.25) is 11.8 Å². The Hall–Kier alpha value is -1.14. The summed E-state index contributed by atoms with van der Waals surface area (Å²) in [6, 6.07) is -0.340. The lowest BCUT2D eigenvalue weighted by atomic mass is 10.2. The molecule has 6 heteroatoms. The van der Waals surface area contributed by atoms with Crippen molar-refractivity contribution in [1.82, 2.24) is 15.5 Å². The first kappa shape index (κ1) is 13.9. The van der Waals surface area contributed by atoms with Gasteiger partial charge in [-0.05, 0) is 13.8 Å². The lowest BCUT2D eigenvalue weighted by Crippen LogP contribution is -2.52. The summed E-state index contributed by atoms with van der Waals surface area (Å²) >= 11 is 0. The molecule has 17 heavy (non-hydrogen) atoms.